The highest BCUT2D eigenvalue weighted by Crippen LogP contribution is 1.73. The molecule has 0 radical (unpaired) electrons. The van der Waals surface area contributed by atoms with Gasteiger partial charge in [-0.15, -0.1) is 0 Å². The Kier molecular flexibility index (Phi) is 4.49. The molecule has 0 aromatic carbocycles. The highest BCUT2D eigenvalue weighted by Gasteiger charge is 1.98. The van der Waals surface area contributed by atoms with Crippen molar-refractivity contribution in [2.45, 2.75) is 19.9 Å². The molecule has 0 fully saturated rings. The van der Waals surface area contributed by atoms with Crippen molar-refractivity contribution in [3.05, 3.63) is 0 Å². The van der Waals surface area contributed by atoms with Crippen LogP contribution in [0.25, 0.3) is 0 Å². The van der Waals surface area contributed by atoms with E-state index in [1.807, 2.05) is 19.2 Å². The Hall–Kier alpha value is -0.900. The van der Waals surface area contributed by atoms with Crippen LogP contribution in [0.2, 0.25) is 0 Å². The van der Waals surface area contributed by atoms with Crippen LogP contribution in [0.5, 0.6) is 0 Å². The molecule has 2 amide bonds. The van der Waals surface area contributed by atoms with Gasteiger partial charge in [-0.25, -0.2) is 0 Å². The van der Waals surface area contributed by atoms with Crippen molar-refractivity contribution in [3.63, 3.8) is 0 Å². The zero-order valence-electron chi connectivity index (χ0n) is 6.18. The number of imide groups is 1. The van der Waals surface area contributed by atoms with E-state index in [0.717, 1.165) is 0 Å². The second-order valence-corrected chi connectivity index (χ2v) is 2.22. The number of hydrogen-bond donors (Lipinski definition) is 2. The van der Waals surface area contributed by atoms with Gasteiger partial charge in [0.15, 0.2) is 0 Å². The molecule has 0 saturated carbocycles. The quantitative estimate of drug-likeness (QED) is 0.511. The monoisotopic (exact) mass is 144 g/mol. The molecule has 4 heteroatoms. The van der Waals surface area contributed by atoms with Gasteiger partial charge in [0.2, 0.25) is 12.3 Å². The minimum absolute atomic E-state index is 0.191. The minimum atomic E-state index is -0.302. The molecule has 0 aliphatic heterocycles. The maximum atomic E-state index is 10.5. The van der Waals surface area contributed by atoms with Crippen LogP contribution in [0.3, 0.4) is 0 Å². The van der Waals surface area contributed by atoms with Crippen molar-refractivity contribution in [2.24, 2.45) is 0 Å². The number of hydrogen-bond acceptors (Lipinski definition) is 3. The molecular weight excluding hydrogens is 132 g/mol. The molecule has 58 valence electrons. The Bertz CT molecular complexity index is 123. The average molecular weight is 144 g/mol. The molecule has 4 nitrogen and oxygen atoms in total. The molecule has 2 N–H and O–H groups in total. The van der Waals surface area contributed by atoms with E-state index in [-0.39, 0.29) is 18.5 Å². The van der Waals surface area contributed by atoms with Gasteiger partial charge in [0.25, 0.3) is 0 Å². The molecule has 10 heavy (non-hydrogen) atoms. The molecule has 0 atom stereocenters. The predicted octanol–water partition coefficient (Wildman–Crippen LogP) is -0.743. The SMILES string of the molecule is CC(C)NCC(=O)NC=O. The van der Waals surface area contributed by atoms with Gasteiger partial charge in [-0.05, 0) is 0 Å². The summed E-state index contributed by atoms with van der Waals surface area (Å²) in [6, 6.07) is 0.261. The lowest BCUT2D eigenvalue weighted by Crippen LogP contribution is -2.36. The van der Waals surface area contributed by atoms with Crippen molar-refractivity contribution >= 4 is 12.3 Å². The van der Waals surface area contributed by atoms with Crippen molar-refractivity contribution in [1.29, 1.82) is 0 Å². The summed E-state index contributed by atoms with van der Waals surface area (Å²) in [5, 5.41) is 4.88. The van der Waals surface area contributed by atoms with Gasteiger partial charge in [0.1, 0.15) is 0 Å². The predicted molar refractivity (Wildman–Crippen MR) is 37.3 cm³/mol. The fraction of sp³-hybridized carbons (Fsp3) is 0.667. The summed E-state index contributed by atoms with van der Waals surface area (Å²) in [5.41, 5.74) is 0. The summed E-state index contributed by atoms with van der Waals surface area (Å²) in [5.74, 6) is -0.302. The summed E-state index contributed by atoms with van der Waals surface area (Å²) in [7, 11) is 0. The molecule has 0 heterocycles. The van der Waals surface area contributed by atoms with Crippen molar-refractivity contribution in [3.8, 4) is 0 Å². The fourth-order valence-electron chi connectivity index (χ4n) is 0.414. The Morgan fingerprint density at radius 2 is 2.20 bits per heavy atom. The third kappa shape index (κ3) is 5.24. The molecular formula is C6H12N2O2. The second kappa shape index (κ2) is 4.93. The van der Waals surface area contributed by atoms with E-state index < -0.39 is 0 Å². The highest BCUT2D eigenvalue weighted by atomic mass is 16.2. The lowest BCUT2D eigenvalue weighted by molar-refractivity contribution is -0.124. The molecule has 0 saturated heterocycles. The third-order valence-corrected chi connectivity index (χ3v) is 0.891. The Balaban J connectivity index is 3.30. The van der Waals surface area contributed by atoms with Gasteiger partial charge in [0, 0.05) is 6.04 Å². The van der Waals surface area contributed by atoms with E-state index in [2.05, 4.69) is 5.32 Å². The summed E-state index contributed by atoms with van der Waals surface area (Å²) in [4.78, 5) is 20.2. The molecule has 0 unspecified atom stereocenters. The first-order chi connectivity index (χ1) is 4.66. The van der Waals surface area contributed by atoms with Gasteiger partial charge in [-0.1, -0.05) is 13.8 Å². The standard InChI is InChI=1S/C6H12N2O2/c1-5(2)7-3-6(10)8-4-9/h4-5,7H,3H2,1-2H3,(H,8,9,10). The van der Waals surface area contributed by atoms with Gasteiger partial charge in [0.05, 0.1) is 6.54 Å². The fourth-order valence-corrected chi connectivity index (χ4v) is 0.414. The number of carbonyl (C=O) groups is 2. The first-order valence-corrected chi connectivity index (χ1v) is 3.13. The van der Waals surface area contributed by atoms with E-state index in [0.29, 0.717) is 6.41 Å². The minimum Gasteiger partial charge on any atom is -0.306 e. The largest absolute Gasteiger partial charge is 0.306 e. The van der Waals surface area contributed by atoms with Crippen LogP contribution in [0.1, 0.15) is 13.8 Å². The Morgan fingerprint density at radius 1 is 1.60 bits per heavy atom. The van der Waals surface area contributed by atoms with E-state index >= 15 is 0 Å². The molecule has 0 aliphatic rings. The average Bonchev–Trinajstić information content (AvgIpc) is 1.85. The summed E-state index contributed by atoms with van der Waals surface area (Å²) in [6.45, 7) is 4.04. The van der Waals surface area contributed by atoms with E-state index in [4.69, 9.17) is 0 Å². The van der Waals surface area contributed by atoms with Crippen molar-refractivity contribution < 1.29 is 9.59 Å². The van der Waals surface area contributed by atoms with Gasteiger partial charge in [-0.3, -0.25) is 14.9 Å². The summed E-state index contributed by atoms with van der Waals surface area (Å²) in [6.07, 6.45) is 0.379. The number of carbonyl (C=O) groups excluding carboxylic acids is 2. The van der Waals surface area contributed by atoms with Crippen LogP contribution in [-0.2, 0) is 9.59 Å². The normalized spacial score (nSPS) is 9.50. The number of rotatable bonds is 4. The molecule has 0 rings (SSSR count). The van der Waals surface area contributed by atoms with E-state index in [9.17, 15) is 9.59 Å². The Labute approximate surface area is 60.0 Å². The number of amides is 2. The summed E-state index contributed by atoms with van der Waals surface area (Å²) < 4.78 is 0. The van der Waals surface area contributed by atoms with Crippen LogP contribution in [0, 0.1) is 0 Å². The first kappa shape index (κ1) is 9.10. The van der Waals surface area contributed by atoms with Crippen molar-refractivity contribution in [2.75, 3.05) is 6.54 Å². The van der Waals surface area contributed by atoms with Crippen LogP contribution >= 0.6 is 0 Å². The first-order valence-electron chi connectivity index (χ1n) is 3.13. The maximum absolute atomic E-state index is 10.5. The topological polar surface area (TPSA) is 58.2 Å². The smallest absolute Gasteiger partial charge is 0.240 e. The lowest BCUT2D eigenvalue weighted by Gasteiger charge is -2.04. The highest BCUT2D eigenvalue weighted by molar-refractivity contribution is 5.87. The van der Waals surface area contributed by atoms with Crippen LogP contribution in [0.4, 0.5) is 0 Å². The zero-order chi connectivity index (χ0) is 7.98. The van der Waals surface area contributed by atoms with E-state index in [1.165, 1.54) is 0 Å². The zero-order valence-corrected chi connectivity index (χ0v) is 6.18. The van der Waals surface area contributed by atoms with Crippen molar-refractivity contribution in [1.82, 2.24) is 10.6 Å². The van der Waals surface area contributed by atoms with E-state index in [1.54, 1.807) is 0 Å². The van der Waals surface area contributed by atoms with Crippen LogP contribution < -0.4 is 10.6 Å². The number of nitrogens with one attached hydrogen (secondary N) is 2. The second-order valence-electron chi connectivity index (χ2n) is 2.22. The molecule has 0 bridgehead atoms. The molecule has 0 aliphatic carbocycles. The third-order valence-electron chi connectivity index (χ3n) is 0.891. The molecule has 0 aromatic heterocycles. The van der Waals surface area contributed by atoms with Crippen LogP contribution in [0.15, 0.2) is 0 Å². The van der Waals surface area contributed by atoms with Gasteiger partial charge in [-0.2, -0.15) is 0 Å². The van der Waals surface area contributed by atoms with Gasteiger partial charge >= 0.3 is 0 Å². The van der Waals surface area contributed by atoms with Gasteiger partial charge < -0.3 is 5.32 Å². The van der Waals surface area contributed by atoms with Crippen LogP contribution in [-0.4, -0.2) is 24.9 Å². The lowest BCUT2D eigenvalue weighted by atomic mass is 10.4. The summed E-state index contributed by atoms with van der Waals surface area (Å²) >= 11 is 0. The molecule has 0 spiro atoms. The Morgan fingerprint density at radius 3 is 2.60 bits per heavy atom. The maximum Gasteiger partial charge on any atom is 0.240 e. The molecule has 0 aromatic rings.